The van der Waals surface area contributed by atoms with Crippen LogP contribution in [0.2, 0.25) is 0 Å². The predicted octanol–water partition coefficient (Wildman–Crippen LogP) is 3.60. The van der Waals surface area contributed by atoms with Gasteiger partial charge in [-0.3, -0.25) is 0 Å². The van der Waals surface area contributed by atoms with Gasteiger partial charge in [-0.25, -0.2) is 14.4 Å². The van der Waals surface area contributed by atoms with E-state index < -0.39 is 5.67 Å². The van der Waals surface area contributed by atoms with Crippen LogP contribution < -0.4 is 0 Å². The molecule has 0 radical (unpaired) electrons. The first-order valence-electron chi connectivity index (χ1n) is 5.58. The van der Waals surface area contributed by atoms with Gasteiger partial charge in [0.1, 0.15) is 11.5 Å². The summed E-state index contributed by atoms with van der Waals surface area (Å²) in [6.45, 7) is 13.0. The van der Waals surface area contributed by atoms with Crippen molar-refractivity contribution in [1.29, 1.82) is 0 Å². The lowest BCUT2D eigenvalue weighted by atomic mass is 9.93. The second kappa shape index (κ2) is 3.79. The van der Waals surface area contributed by atoms with Crippen LogP contribution in [0.4, 0.5) is 4.39 Å². The van der Waals surface area contributed by atoms with Crippen LogP contribution >= 0.6 is 0 Å². The van der Waals surface area contributed by atoms with Crippen LogP contribution in [0.5, 0.6) is 0 Å². The molecular weight excluding hydrogens is 203 g/mol. The molecule has 0 amide bonds. The van der Waals surface area contributed by atoms with Crippen molar-refractivity contribution < 1.29 is 4.39 Å². The Labute approximate surface area is 97.3 Å². The summed E-state index contributed by atoms with van der Waals surface area (Å²) in [7, 11) is 0. The molecule has 1 aromatic heterocycles. The van der Waals surface area contributed by atoms with E-state index in [1.54, 1.807) is 0 Å². The Balaban J connectivity index is 3.46. The molecule has 0 aromatic carbocycles. The van der Waals surface area contributed by atoms with E-state index in [0.717, 1.165) is 11.3 Å². The minimum absolute atomic E-state index is 0.154. The van der Waals surface area contributed by atoms with Crippen molar-refractivity contribution in [3.63, 3.8) is 0 Å². The molecular formula is C13H21FN2. The highest BCUT2D eigenvalue weighted by Crippen LogP contribution is 2.29. The van der Waals surface area contributed by atoms with Crippen molar-refractivity contribution in [2.45, 2.75) is 59.5 Å². The Bertz CT molecular complexity index is 398. The normalized spacial score (nSPS) is 13.0. The second-order valence-corrected chi connectivity index (χ2v) is 5.83. The largest absolute Gasteiger partial charge is 0.238 e. The molecule has 0 saturated carbocycles. The van der Waals surface area contributed by atoms with Gasteiger partial charge in [0.2, 0.25) is 0 Å². The van der Waals surface area contributed by atoms with E-state index in [2.05, 4.69) is 9.97 Å². The molecule has 16 heavy (non-hydrogen) atoms. The van der Waals surface area contributed by atoms with Crippen molar-refractivity contribution in [3.05, 3.63) is 22.8 Å². The van der Waals surface area contributed by atoms with Gasteiger partial charge in [-0.15, -0.1) is 0 Å². The van der Waals surface area contributed by atoms with Gasteiger partial charge in [0, 0.05) is 11.1 Å². The average molecular weight is 224 g/mol. The Morgan fingerprint density at radius 3 is 1.81 bits per heavy atom. The Morgan fingerprint density at radius 2 is 1.44 bits per heavy atom. The van der Waals surface area contributed by atoms with E-state index in [9.17, 15) is 4.39 Å². The van der Waals surface area contributed by atoms with Crippen molar-refractivity contribution in [1.82, 2.24) is 9.97 Å². The molecule has 0 atom stereocenters. The molecule has 0 N–H and O–H groups in total. The predicted molar refractivity (Wildman–Crippen MR) is 64.3 cm³/mol. The fourth-order valence-electron chi connectivity index (χ4n) is 1.54. The number of aromatic nitrogens is 2. The molecule has 2 nitrogen and oxygen atoms in total. The zero-order valence-corrected chi connectivity index (χ0v) is 11.3. The van der Waals surface area contributed by atoms with Gasteiger partial charge < -0.3 is 0 Å². The van der Waals surface area contributed by atoms with Crippen molar-refractivity contribution in [2.24, 2.45) is 0 Å². The zero-order valence-electron chi connectivity index (χ0n) is 11.3. The molecule has 1 heterocycles. The summed E-state index contributed by atoms with van der Waals surface area (Å²) < 4.78 is 14.0. The summed E-state index contributed by atoms with van der Waals surface area (Å²) in [5, 5.41) is 0. The van der Waals surface area contributed by atoms with Gasteiger partial charge in [0.25, 0.3) is 0 Å². The lowest BCUT2D eigenvalue weighted by Gasteiger charge is -2.23. The van der Waals surface area contributed by atoms with Crippen molar-refractivity contribution in [2.75, 3.05) is 0 Å². The summed E-state index contributed by atoms with van der Waals surface area (Å²) in [6.07, 6.45) is 0. The first-order valence-corrected chi connectivity index (χ1v) is 5.58. The van der Waals surface area contributed by atoms with Crippen molar-refractivity contribution in [3.8, 4) is 0 Å². The molecule has 0 spiro atoms. The fourth-order valence-corrected chi connectivity index (χ4v) is 1.54. The van der Waals surface area contributed by atoms with Crippen LogP contribution in [0.1, 0.15) is 57.4 Å². The first kappa shape index (κ1) is 13.1. The molecule has 0 aliphatic heterocycles. The first-order chi connectivity index (χ1) is 7.03. The number of nitrogens with zero attached hydrogens (tertiary/aromatic N) is 2. The van der Waals surface area contributed by atoms with Gasteiger partial charge in [0.05, 0.1) is 5.69 Å². The highest BCUT2D eigenvalue weighted by atomic mass is 19.1. The highest BCUT2D eigenvalue weighted by molar-refractivity contribution is 5.28. The van der Waals surface area contributed by atoms with E-state index in [4.69, 9.17) is 0 Å². The molecule has 1 aromatic rings. The SMILES string of the molecule is Cc1nc(C(C)(C)C)nc(C(C)(C)F)c1C. The topological polar surface area (TPSA) is 25.8 Å². The van der Waals surface area contributed by atoms with Crippen LogP contribution in [0.3, 0.4) is 0 Å². The van der Waals surface area contributed by atoms with Crippen LogP contribution in [-0.2, 0) is 11.1 Å². The van der Waals surface area contributed by atoms with Gasteiger partial charge >= 0.3 is 0 Å². The molecule has 0 unspecified atom stereocenters. The van der Waals surface area contributed by atoms with Crippen LogP contribution in [-0.4, -0.2) is 9.97 Å². The van der Waals surface area contributed by atoms with Gasteiger partial charge in [0.15, 0.2) is 0 Å². The summed E-state index contributed by atoms with van der Waals surface area (Å²) in [4.78, 5) is 8.83. The van der Waals surface area contributed by atoms with E-state index in [-0.39, 0.29) is 5.41 Å². The van der Waals surface area contributed by atoms with Crippen LogP contribution in [0, 0.1) is 13.8 Å². The lowest BCUT2D eigenvalue weighted by Crippen LogP contribution is -2.23. The van der Waals surface area contributed by atoms with Crippen molar-refractivity contribution >= 4 is 0 Å². The Kier molecular flexibility index (Phi) is 3.10. The summed E-state index contributed by atoms with van der Waals surface area (Å²) in [5.41, 5.74) is 0.641. The number of halogens is 1. The third-order valence-corrected chi connectivity index (χ3v) is 2.62. The minimum Gasteiger partial charge on any atom is -0.238 e. The molecule has 0 aliphatic carbocycles. The zero-order chi connectivity index (χ0) is 12.7. The molecule has 0 aliphatic rings. The van der Waals surface area contributed by atoms with Gasteiger partial charge in [-0.05, 0) is 33.3 Å². The molecule has 90 valence electrons. The van der Waals surface area contributed by atoms with Gasteiger partial charge in [-0.1, -0.05) is 20.8 Å². The fraction of sp³-hybridized carbons (Fsp3) is 0.692. The van der Waals surface area contributed by atoms with Crippen LogP contribution in [0.15, 0.2) is 0 Å². The molecule has 0 bridgehead atoms. The third kappa shape index (κ3) is 2.57. The standard InChI is InChI=1S/C13H21FN2/c1-8-9(2)15-11(12(3,4)5)16-10(8)13(6,7)14/h1-7H3. The maximum Gasteiger partial charge on any atom is 0.147 e. The second-order valence-electron chi connectivity index (χ2n) is 5.83. The monoisotopic (exact) mass is 224 g/mol. The molecule has 0 fully saturated rings. The number of hydrogen-bond donors (Lipinski definition) is 0. The maximum atomic E-state index is 14.0. The number of alkyl halides is 1. The minimum atomic E-state index is -1.42. The quantitative estimate of drug-likeness (QED) is 0.728. The Morgan fingerprint density at radius 1 is 0.938 bits per heavy atom. The van der Waals surface area contributed by atoms with E-state index in [1.807, 2.05) is 34.6 Å². The van der Waals surface area contributed by atoms with E-state index in [0.29, 0.717) is 11.5 Å². The maximum absolute atomic E-state index is 14.0. The number of hydrogen-bond acceptors (Lipinski definition) is 2. The number of aryl methyl sites for hydroxylation is 1. The highest BCUT2D eigenvalue weighted by Gasteiger charge is 2.28. The molecule has 1 rings (SSSR count). The summed E-state index contributed by atoms with van der Waals surface area (Å²) in [6, 6.07) is 0. The van der Waals surface area contributed by atoms with E-state index in [1.165, 1.54) is 13.8 Å². The smallest absolute Gasteiger partial charge is 0.147 e. The molecule has 3 heteroatoms. The molecule has 0 saturated heterocycles. The van der Waals surface area contributed by atoms with Crippen LogP contribution in [0.25, 0.3) is 0 Å². The Hall–Kier alpha value is -0.990. The number of rotatable bonds is 1. The van der Waals surface area contributed by atoms with Gasteiger partial charge in [-0.2, -0.15) is 0 Å². The lowest BCUT2D eigenvalue weighted by molar-refractivity contribution is 0.211. The third-order valence-electron chi connectivity index (χ3n) is 2.62. The van der Waals surface area contributed by atoms with E-state index >= 15 is 0 Å². The summed E-state index contributed by atoms with van der Waals surface area (Å²) in [5.74, 6) is 0.705. The average Bonchev–Trinajstić information content (AvgIpc) is 2.05. The summed E-state index contributed by atoms with van der Waals surface area (Å²) >= 11 is 0.